The van der Waals surface area contributed by atoms with Crippen molar-refractivity contribution in [1.82, 2.24) is 0 Å². The number of aldehydes is 1. The molecular formula is C49H76O13Si. The second kappa shape index (κ2) is 18.2. The molecule has 10 bridgehead atoms. The van der Waals surface area contributed by atoms with Gasteiger partial charge < -0.3 is 56.6 Å². The number of carbonyl (C=O) groups excluding carboxylic acids is 2. The van der Waals surface area contributed by atoms with E-state index in [0.717, 1.165) is 56.0 Å². The van der Waals surface area contributed by atoms with Gasteiger partial charge in [-0.1, -0.05) is 47.8 Å². The highest BCUT2D eigenvalue weighted by molar-refractivity contribution is 6.74. The summed E-state index contributed by atoms with van der Waals surface area (Å²) in [6.45, 7) is 24.5. The Morgan fingerprint density at radius 1 is 0.730 bits per heavy atom. The lowest BCUT2D eigenvalue weighted by Gasteiger charge is -2.53. The molecule has 0 N–H and O–H groups in total. The largest absolute Gasteiger partial charge is 0.459 e. The molecular weight excluding hydrogens is 825 g/mol. The van der Waals surface area contributed by atoms with E-state index in [2.05, 4.69) is 60.9 Å². The van der Waals surface area contributed by atoms with Gasteiger partial charge in [-0.2, -0.15) is 0 Å². The van der Waals surface area contributed by atoms with E-state index in [0.29, 0.717) is 38.5 Å². The zero-order valence-corrected chi connectivity index (χ0v) is 40.2. The van der Waals surface area contributed by atoms with Crippen LogP contribution in [0.15, 0.2) is 24.3 Å². The first-order valence-corrected chi connectivity index (χ1v) is 27.3. The lowest BCUT2D eigenvalue weighted by atomic mass is 9.79. The van der Waals surface area contributed by atoms with Crippen LogP contribution in [0.25, 0.3) is 0 Å². The molecule has 13 nitrogen and oxygen atoms in total. The fourth-order valence-corrected chi connectivity index (χ4v) is 13.6. The molecule has 9 fully saturated rings. The number of carbonyl (C=O) groups is 2. The average Bonchev–Trinajstić information content (AvgIpc) is 3.74. The molecule has 0 unspecified atom stereocenters. The molecule has 0 saturated carbocycles. The maximum absolute atomic E-state index is 14.3. The standard InChI is InChI=1S/C49H76O13Si/c1-26-19-30-11-13-33-27(2)20-32(53-33)15-17-49-25-42(52-8)47(61-49)40-24-41(60-49)46-35(56-40)14-12-31(55-46)21-43(51)59-45-29(4)44-39(57-38(45)22-36(54-30)28(26)3)23-37(34(58-44)16-18-50)62-63(9,10)48(5,6)7/h18,26,29-42,44-47H,2-3,11-17,19-25H2,1,4-10H3/t26-,29+,30+,31-,32+,33+,34-,35+,36-,37-,38+,39+,40-,41-,42-,44+,45-,46+,47-,49-/m1/s1. The van der Waals surface area contributed by atoms with Crippen molar-refractivity contribution in [2.75, 3.05) is 7.11 Å². The molecule has 0 amide bonds. The number of methoxy groups -OCH3 is 1. The fourth-order valence-electron chi connectivity index (χ4n) is 12.2. The summed E-state index contributed by atoms with van der Waals surface area (Å²) in [4.78, 5) is 26.4. The number of fused-ring (bicyclic) bond motifs is 10. The third-order valence-electron chi connectivity index (χ3n) is 16.9. The van der Waals surface area contributed by atoms with E-state index in [1.807, 2.05) is 0 Å². The fraction of sp³-hybridized carbons (Fsp3) is 0.878. The number of hydrogen-bond donors (Lipinski definition) is 0. The van der Waals surface area contributed by atoms with Gasteiger partial charge in [0.05, 0.1) is 91.9 Å². The number of hydrogen-bond acceptors (Lipinski definition) is 13. The van der Waals surface area contributed by atoms with Crippen molar-refractivity contribution >= 4 is 20.6 Å². The monoisotopic (exact) mass is 901 g/mol. The van der Waals surface area contributed by atoms with Gasteiger partial charge in [0, 0.05) is 51.6 Å². The molecule has 354 valence electrons. The maximum Gasteiger partial charge on any atom is 0.308 e. The summed E-state index contributed by atoms with van der Waals surface area (Å²) in [6, 6.07) is 0. The van der Waals surface area contributed by atoms with Crippen LogP contribution in [0, 0.1) is 11.8 Å². The smallest absolute Gasteiger partial charge is 0.308 e. The molecule has 14 heteroatoms. The van der Waals surface area contributed by atoms with Crippen molar-refractivity contribution in [3.8, 4) is 0 Å². The van der Waals surface area contributed by atoms with Gasteiger partial charge in [-0.3, -0.25) is 4.79 Å². The molecule has 9 saturated heterocycles. The second-order valence-corrected chi connectivity index (χ2v) is 27.0. The normalized spacial score (nSPS) is 48.3. The van der Waals surface area contributed by atoms with Gasteiger partial charge in [0.15, 0.2) is 14.1 Å². The van der Waals surface area contributed by atoms with Gasteiger partial charge in [0.25, 0.3) is 0 Å². The number of esters is 1. The van der Waals surface area contributed by atoms with Gasteiger partial charge in [-0.25, -0.2) is 0 Å². The molecule has 9 heterocycles. The van der Waals surface area contributed by atoms with Crippen molar-refractivity contribution in [2.45, 2.75) is 252 Å². The predicted molar refractivity (Wildman–Crippen MR) is 234 cm³/mol. The van der Waals surface area contributed by atoms with Crippen LogP contribution in [0.1, 0.15) is 125 Å². The van der Waals surface area contributed by atoms with Crippen molar-refractivity contribution in [3.05, 3.63) is 24.3 Å². The Morgan fingerprint density at radius 2 is 1.44 bits per heavy atom. The van der Waals surface area contributed by atoms with E-state index in [1.54, 1.807) is 7.11 Å². The van der Waals surface area contributed by atoms with Gasteiger partial charge in [-0.15, -0.1) is 0 Å². The summed E-state index contributed by atoms with van der Waals surface area (Å²) in [6.07, 6.45) is 5.06. The quantitative estimate of drug-likeness (QED) is 0.117. The zero-order valence-electron chi connectivity index (χ0n) is 39.2. The molecule has 20 atom stereocenters. The third kappa shape index (κ3) is 9.37. The van der Waals surface area contributed by atoms with Crippen molar-refractivity contribution < 1.29 is 61.4 Å². The van der Waals surface area contributed by atoms with Gasteiger partial charge in [-0.05, 0) is 80.1 Å². The Morgan fingerprint density at radius 3 is 2.21 bits per heavy atom. The number of ether oxygens (including phenoxy) is 10. The first-order valence-electron chi connectivity index (χ1n) is 24.4. The highest BCUT2D eigenvalue weighted by Gasteiger charge is 2.60. The van der Waals surface area contributed by atoms with Crippen LogP contribution in [-0.4, -0.2) is 137 Å². The van der Waals surface area contributed by atoms with E-state index < -0.39 is 38.5 Å². The predicted octanol–water partition coefficient (Wildman–Crippen LogP) is 7.46. The molecule has 9 aliphatic heterocycles. The van der Waals surface area contributed by atoms with E-state index in [9.17, 15) is 9.59 Å². The first kappa shape index (κ1) is 46.5. The molecule has 63 heavy (non-hydrogen) atoms. The highest BCUT2D eigenvalue weighted by Crippen LogP contribution is 2.50. The Hall–Kier alpha value is -1.56. The summed E-state index contributed by atoms with van der Waals surface area (Å²) < 4.78 is 74.7. The molecule has 0 aliphatic carbocycles. The average molecular weight is 901 g/mol. The minimum Gasteiger partial charge on any atom is -0.459 e. The van der Waals surface area contributed by atoms with Crippen molar-refractivity contribution in [3.63, 3.8) is 0 Å². The second-order valence-electron chi connectivity index (χ2n) is 22.2. The first-order chi connectivity index (χ1) is 29.9. The Labute approximate surface area is 376 Å². The van der Waals surface area contributed by atoms with E-state index in [1.165, 1.54) is 0 Å². The maximum atomic E-state index is 14.3. The lowest BCUT2D eigenvalue weighted by Crippen LogP contribution is -2.63. The Kier molecular flexibility index (Phi) is 13.4. The van der Waals surface area contributed by atoms with Crippen molar-refractivity contribution in [2.24, 2.45) is 11.8 Å². The minimum absolute atomic E-state index is 0.00192. The van der Waals surface area contributed by atoms with E-state index >= 15 is 0 Å². The Bertz CT molecular complexity index is 1700. The third-order valence-corrected chi connectivity index (χ3v) is 21.4. The molecule has 0 aromatic carbocycles. The van der Waals surface area contributed by atoms with E-state index in [4.69, 9.17) is 51.8 Å². The lowest BCUT2D eigenvalue weighted by molar-refractivity contribution is -0.280. The summed E-state index contributed by atoms with van der Waals surface area (Å²) in [7, 11) is -0.489. The van der Waals surface area contributed by atoms with Crippen LogP contribution in [0.4, 0.5) is 0 Å². The van der Waals surface area contributed by atoms with Gasteiger partial charge in [0.1, 0.15) is 24.6 Å². The summed E-state index contributed by atoms with van der Waals surface area (Å²) in [5.41, 5.74) is 2.16. The molecule has 0 aromatic heterocycles. The molecule has 1 spiro atoms. The van der Waals surface area contributed by atoms with Crippen LogP contribution in [0.3, 0.4) is 0 Å². The van der Waals surface area contributed by atoms with Crippen LogP contribution in [-0.2, 0) is 61.4 Å². The van der Waals surface area contributed by atoms with Crippen LogP contribution < -0.4 is 0 Å². The van der Waals surface area contributed by atoms with Crippen LogP contribution in [0.2, 0.25) is 18.1 Å². The summed E-state index contributed by atoms with van der Waals surface area (Å²) in [5, 5.41) is -0.0273. The van der Waals surface area contributed by atoms with E-state index in [-0.39, 0.29) is 115 Å². The highest BCUT2D eigenvalue weighted by atomic mass is 28.4. The minimum atomic E-state index is -2.23. The van der Waals surface area contributed by atoms with Crippen molar-refractivity contribution in [1.29, 1.82) is 0 Å². The topological polar surface area (TPSA) is 136 Å². The molecule has 0 radical (unpaired) electrons. The van der Waals surface area contributed by atoms with Crippen LogP contribution >= 0.6 is 0 Å². The van der Waals surface area contributed by atoms with Crippen LogP contribution in [0.5, 0.6) is 0 Å². The van der Waals surface area contributed by atoms with Gasteiger partial charge in [0.2, 0.25) is 0 Å². The zero-order chi connectivity index (χ0) is 44.6. The number of rotatable bonds is 5. The molecule has 9 rings (SSSR count). The molecule has 0 aromatic rings. The molecule has 9 aliphatic rings. The SMILES string of the molecule is C=C1C[C@@H]2CC[C@]34C[C@@H](OC)[C@H](O3)[C@H]3C[C@@H](O4)[C@H]4O[C@H](CC[C@@H]4O3)CC(=O)O[C@@H]3[C@@H](C)[C@@H]4O[C@H](CC=O)[C@H](O[Si](C)(C)C(C)(C)C)C[C@@H]4O[C@H]3C[C@H]3O[C@@H](CC[C@@H]1O2)C[C@@H](C)C3=C. The van der Waals surface area contributed by atoms with Gasteiger partial charge >= 0.3 is 5.97 Å². The summed E-state index contributed by atoms with van der Waals surface area (Å²) >= 11 is 0. The Balaban J connectivity index is 0.992. The summed E-state index contributed by atoms with van der Waals surface area (Å²) in [5.74, 6) is -1.20.